The number of aromatic nitrogens is 2. The monoisotopic (exact) mass is 360 g/mol. The lowest BCUT2D eigenvalue weighted by Gasteiger charge is -2.40. The molecule has 1 saturated heterocycles. The number of hydrogen-bond donors (Lipinski definition) is 1. The first-order valence-electron chi connectivity index (χ1n) is 8.80. The fraction of sp³-hybridized carbons (Fsp3) is 0.474. The van der Waals surface area contributed by atoms with Crippen LogP contribution in [-0.2, 0) is 4.74 Å². The van der Waals surface area contributed by atoms with Gasteiger partial charge in [-0.05, 0) is 45.0 Å². The van der Waals surface area contributed by atoms with Crippen LogP contribution in [0.2, 0.25) is 0 Å². The molecule has 1 fully saturated rings. The molecule has 0 unspecified atom stereocenters. The maximum atomic E-state index is 13.1. The van der Waals surface area contributed by atoms with Crippen molar-refractivity contribution in [1.82, 2.24) is 20.0 Å². The van der Waals surface area contributed by atoms with E-state index in [1.54, 1.807) is 23.0 Å². The van der Waals surface area contributed by atoms with E-state index in [9.17, 15) is 9.18 Å². The van der Waals surface area contributed by atoms with Crippen LogP contribution >= 0.6 is 0 Å². The highest BCUT2D eigenvalue weighted by molar-refractivity contribution is 5.95. The Morgan fingerprint density at radius 1 is 1.27 bits per heavy atom. The number of nitrogens with zero attached hydrogens (tertiary/aromatic N) is 3. The van der Waals surface area contributed by atoms with Crippen molar-refractivity contribution in [3.8, 4) is 5.69 Å². The van der Waals surface area contributed by atoms with Crippen molar-refractivity contribution >= 4 is 5.91 Å². The molecule has 0 aliphatic carbocycles. The quantitative estimate of drug-likeness (QED) is 0.888. The van der Waals surface area contributed by atoms with Crippen molar-refractivity contribution in [2.45, 2.75) is 26.3 Å². The number of carbonyl (C=O) groups is 1. The third-order valence-electron chi connectivity index (χ3n) is 4.87. The van der Waals surface area contributed by atoms with Crippen molar-refractivity contribution in [3.63, 3.8) is 0 Å². The summed E-state index contributed by atoms with van der Waals surface area (Å²) in [4.78, 5) is 15.0. The van der Waals surface area contributed by atoms with Gasteiger partial charge in [-0.3, -0.25) is 9.69 Å². The van der Waals surface area contributed by atoms with Crippen LogP contribution in [-0.4, -0.2) is 59.0 Å². The summed E-state index contributed by atoms with van der Waals surface area (Å²) in [5.74, 6) is -0.459. The molecule has 0 bridgehead atoms. The molecule has 1 amide bonds. The standard InChI is InChI=1S/C19H25FN4O2/c1-14-17(12-22-24(14)16-6-4-15(20)5-7-16)18(25)21-13-19(2,3)23-8-10-26-11-9-23/h4-7,12H,8-11,13H2,1-3H3,(H,21,25). The number of rotatable bonds is 5. The third kappa shape index (κ3) is 3.94. The first-order valence-corrected chi connectivity index (χ1v) is 8.80. The lowest BCUT2D eigenvalue weighted by Crippen LogP contribution is -2.55. The summed E-state index contributed by atoms with van der Waals surface area (Å²) >= 11 is 0. The smallest absolute Gasteiger partial charge is 0.254 e. The van der Waals surface area contributed by atoms with Crippen LogP contribution in [0.3, 0.4) is 0 Å². The molecule has 2 heterocycles. The van der Waals surface area contributed by atoms with E-state index in [4.69, 9.17) is 4.74 Å². The van der Waals surface area contributed by atoms with E-state index in [0.29, 0.717) is 12.1 Å². The lowest BCUT2D eigenvalue weighted by molar-refractivity contribution is -0.00923. The summed E-state index contributed by atoms with van der Waals surface area (Å²) in [5, 5.41) is 7.29. The number of benzene rings is 1. The van der Waals surface area contributed by atoms with E-state index in [2.05, 4.69) is 29.2 Å². The largest absolute Gasteiger partial charge is 0.379 e. The van der Waals surface area contributed by atoms with Gasteiger partial charge in [0.05, 0.1) is 36.4 Å². The van der Waals surface area contributed by atoms with Gasteiger partial charge in [0.1, 0.15) is 5.82 Å². The van der Waals surface area contributed by atoms with Crippen LogP contribution in [0.25, 0.3) is 5.69 Å². The molecule has 26 heavy (non-hydrogen) atoms. The zero-order valence-electron chi connectivity index (χ0n) is 15.5. The molecule has 1 aliphatic heterocycles. The van der Waals surface area contributed by atoms with Crippen molar-refractivity contribution in [2.75, 3.05) is 32.8 Å². The van der Waals surface area contributed by atoms with Crippen molar-refractivity contribution in [1.29, 1.82) is 0 Å². The second-order valence-electron chi connectivity index (χ2n) is 7.13. The first kappa shape index (κ1) is 18.5. The van der Waals surface area contributed by atoms with Gasteiger partial charge in [0.25, 0.3) is 5.91 Å². The second-order valence-corrected chi connectivity index (χ2v) is 7.13. The number of halogens is 1. The molecule has 6 nitrogen and oxygen atoms in total. The Morgan fingerprint density at radius 2 is 1.92 bits per heavy atom. The van der Waals surface area contributed by atoms with Crippen molar-refractivity contribution in [3.05, 3.63) is 47.5 Å². The molecule has 0 saturated carbocycles. The predicted octanol–water partition coefficient (Wildman–Crippen LogP) is 2.16. The topological polar surface area (TPSA) is 59.4 Å². The summed E-state index contributed by atoms with van der Waals surface area (Å²) < 4.78 is 20.1. The van der Waals surface area contributed by atoms with Crippen molar-refractivity contribution in [2.24, 2.45) is 0 Å². The maximum Gasteiger partial charge on any atom is 0.254 e. The molecule has 140 valence electrons. The normalized spacial score (nSPS) is 15.8. The van der Waals surface area contributed by atoms with E-state index < -0.39 is 0 Å². The second kappa shape index (κ2) is 7.55. The SMILES string of the molecule is Cc1c(C(=O)NCC(C)(C)N2CCOCC2)cnn1-c1ccc(F)cc1. The van der Waals surface area contributed by atoms with Gasteiger partial charge in [0, 0.05) is 25.2 Å². The van der Waals surface area contributed by atoms with Crippen molar-refractivity contribution < 1.29 is 13.9 Å². The zero-order chi connectivity index (χ0) is 18.7. The van der Waals surface area contributed by atoms with E-state index in [0.717, 1.165) is 37.7 Å². The number of carbonyl (C=O) groups excluding carboxylic acids is 1. The summed E-state index contributed by atoms with van der Waals surface area (Å²) in [6, 6.07) is 6.03. The summed E-state index contributed by atoms with van der Waals surface area (Å²) in [6.45, 7) is 9.78. The minimum Gasteiger partial charge on any atom is -0.379 e. The fourth-order valence-corrected chi connectivity index (χ4v) is 3.15. The van der Waals surface area contributed by atoms with E-state index >= 15 is 0 Å². The number of nitrogens with one attached hydrogen (secondary N) is 1. The first-order chi connectivity index (χ1) is 12.4. The molecule has 1 aromatic carbocycles. The van der Waals surface area contributed by atoms with Crippen LogP contribution in [0.1, 0.15) is 29.9 Å². The number of ether oxygens (including phenoxy) is 1. The third-order valence-corrected chi connectivity index (χ3v) is 4.87. The zero-order valence-corrected chi connectivity index (χ0v) is 15.5. The van der Waals surface area contributed by atoms with E-state index in [1.165, 1.54) is 12.1 Å². The average molecular weight is 360 g/mol. The predicted molar refractivity (Wildman–Crippen MR) is 97.1 cm³/mol. The molecule has 0 spiro atoms. The molecular weight excluding hydrogens is 335 g/mol. The van der Waals surface area contributed by atoms with Gasteiger partial charge >= 0.3 is 0 Å². The Morgan fingerprint density at radius 3 is 2.58 bits per heavy atom. The Kier molecular flexibility index (Phi) is 5.38. The van der Waals surface area contributed by atoms with Gasteiger partial charge in [0.15, 0.2) is 0 Å². The summed E-state index contributed by atoms with van der Waals surface area (Å²) in [6.07, 6.45) is 1.55. The lowest BCUT2D eigenvalue weighted by atomic mass is 10.0. The molecule has 2 aromatic rings. The molecular formula is C19H25FN4O2. The van der Waals surface area contributed by atoms with Crippen LogP contribution in [0.15, 0.2) is 30.5 Å². The molecule has 0 radical (unpaired) electrons. The van der Waals surface area contributed by atoms with E-state index in [-0.39, 0.29) is 17.3 Å². The highest BCUT2D eigenvalue weighted by atomic mass is 19.1. The molecule has 1 aliphatic rings. The Hall–Kier alpha value is -2.25. The number of hydrogen-bond acceptors (Lipinski definition) is 4. The Labute approximate surface area is 152 Å². The Bertz CT molecular complexity index is 764. The van der Waals surface area contributed by atoms with Crippen LogP contribution in [0.5, 0.6) is 0 Å². The molecule has 0 atom stereocenters. The Balaban J connectivity index is 1.67. The molecule has 7 heteroatoms. The van der Waals surface area contributed by atoms with E-state index in [1.807, 2.05) is 6.92 Å². The summed E-state index contributed by atoms with van der Waals surface area (Å²) in [5.41, 5.74) is 1.81. The van der Waals surface area contributed by atoms with Crippen LogP contribution in [0.4, 0.5) is 4.39 Å². The van der Waals surface area contributed by atoms with Gasteiger partial charge in [-0.1, -0.05) is 0 Å². The van der Waals surface area contributed by atoms with Gasteiger partial charge < -0.3 is 10.1 Å². The van der Waals surface area contributed by atoms with Gasteiger partial charge in [-0.25, -0.2) is 9.07 Å². The van der Waals surface area contributed by atoms with Crippen LogP contribution in [0, 0.1) is 12.7 Å². The minimum absolute atomic E-state index is 0.152. The van der Waals surface area contributed by atoms with Gasteiger partial charge in [-0.2, -0.15) is 5.10 Å². The number of morpholine rings is 1. The fourth-order valence-electron chi connectivity index (χ4n) is 3.15. The maximum absolute atomic E-state index is 13.1. The highest BCUT2D eigenvalue weighted by Crippen LogP contribution is 2.17. The molecule has 1 N–H and O–H groups in total. The van der Waals surface area contributed by atoms with Crippen LogP contribution < -0.4 is 5.32 Å². The highest BCUT2D eigenvalue weighted by Gasteiger charge is 2.29. The number of amides is 1. The molecule has 1 aromatic heterocycles. The average Bonchev–Trinajstić information content (AvgIpc) is 3.03. The summed E-state index contributed by atoms with van der Waals surface area (Å²) in [7, 11) is 0. The molecule has 3 rings (SSSR count). The van der Waals surface area contributed by atoms with Gasteiger partial charge in [-0.15, -0.1) is 0 Å². The van der Waals surface area contributed by atoms with Gasteiger partial charge in [0.2, 0.25) is 0 Å². The minimum atomic E-state index is -0.304.